The van der Waals surface area contributed by atoms with Crippen LogP contribution >= 0.6 is 27.5 Å². The fourth-order valence-corrected chi connectivity index (χ4v) is 1.71. The highest BCUT2D eigenvalue weighted by Gasteiger charge is 2.06. The average Bonchev–Trinajstić information content (AvgIpc) is 2.66. The smallest absolute Gasteiger partial charge is 0.149 e. The summed E-state index contributed by atoms with van der Waals surface area (Å²) in [4.78, 5) is 0. The highest BCUT2D eigenvalue weighted by molar-refractivity contribution is 9.10. The summed E-state index contributed by atoms with van der Waals surface area (Å²) in [5.41, 5.74) is 1.13. The van der Waals surface area contributed by atoms with Crippen LogP contribution in [0, 0.1) is 5.82 Å². The van der Waals surface area contributed by atoms with Crippen molar-refractivity contribution in [1.29, 1.82) is 0 Å². The SMILES string of the molecule is Fc1cc(Br)ccc1-n1ccc(CCl)n1. The average molecular weight is 290 g/mol. The Labute approximate surface area is 99.8 Å². The molecule has 0 radical (unpaired) electrons. The summed E-state index contributed by atoms with van der Waals surface area (Å²) < 4.78 is 15.7. The molecule has 0 saturated heterocycles. The van der Waals surface area contributed by atoms with Crippen molar-refractivity contribution in [1.82, 2.24) is 9.78 Å². The summed E-state index contributed by atoms with van der Waals surface area (Å²) in [5, 5.41) is 4.12. The van der Waals surface area contributed by atoms with Gasteiger partial charge in [-0.25, -0.2) is 9.07 Å². The van der Waals surface area contributed by atoms with Gasteiger partial charge in [-0.05, 0) is 24.3 Å². The molecule has 15 heavy (non-hydrogen) atoms. The quantitative estimate of drug-likeness (QED) is 0.774. The summed E-state index contributed by atoms with van der Waals surface area (Å²) in [5.74, 6) is -0.000822. The highest BCUT2D eigenvalue weighted by Crippen LogP contribution is 2.18. The minimum atomic E-state index is -0.325. The first-order valence-corrected chi connectivity index (χ1v) is 5.59. The Bertz CT molecular complexity index is 484. The molecule has 0 spiro atoms. The normalized spacial score (nSPS) is 10.6. The number of halogens is 3. The fourth-order valence-electron chi connectivity index (χ4n) is 1.23. The Morgan fingerprint density at radius 1 is 1.40 bits per heavy atom. The molecule has 0 saturated carbocycles. The maximum atomic E-state index is 13.5. The highest BCUT2D eigenvalue weighted by atomic mass is 79.9. The molecule has 0 aliphatic carbocycles. The number of rotatable bonds is 2. The van der Waals surface area contributed by atoms with Gasteiger partial charge in [-0.2, -0.15) is 5.10 Å². The van der Waals surface area contributed by atoms with Crippen LogP contribution in [0.5, 0.6) is 0 Å². The molecule has 5 heteroatoms. The first-order valence-electron chi connectivity index (χ1n) is 4.26. The Balaban J connectivity index is 2.44. The Hall–Kier alpha value is -0.870. The topological polar surface area (TPSA) is 17.8 Å². The van der Waals surface area contributed by atoms with E-state index in [-0.39, 0.29) is 5.82 Å². The molecule has 0 amide bonds. The van der Waals surface area contributed by atoms with Gasteiger partial charge in [-0.15, -0.1) is 11.6 Å². The first kappa shape index (κ1) is 10.6. The number of benzene rings is 1. The molecule has 1 aromatic heterocycles. The second kappa shape index (κ2) is 4.33. The van der Waals surface area contributed by atoms with E-state index in [4.69, 9.17) is 11.6 Å². The van der Waals surface area contributed by atoms with Gasteiger partial charge >= 0.3 is 0 Å². The van der Waals surface area contributed by atoms with E-state index >= 15 is 0 Å². The first-order chi connectivity index (χ1) is 7.20. The molecular weight excluding hydrogens is 282 g/mol. The van der Waals surface area contributed by atoms with Crippen LogP contribution in [0.2, 0.25) is 0 Å². The zero-order valence-electron chi connectivity index (χ0n) is 7.62. The maximum absolute atomic E-state index is 13.5. The number of hydrogen-bond donors (Lipinski definition) is 0. The molecule has 1 heterocycles. The van der Waals surface area contributed by atoms with Gasteiger partial charge in [0, 0.05) is 10.7 Å². The maximum Gasteiger partial charge on any atom is 0.149 e. The molecule has 2 nitrogen and oxygen atoms in total. The van der Waals surface area contributed by atoms with Crippen molar-refractivity contribution in [2.24, 2.45) is 0 Å². The third-order valence-electron chi connectivity index (χ3n) is 1.94. The lowest BCUT2D eigenvalue weighted by Crippen LogP contribution is -1.98. The van der Waals surface area contributed by atoms with Gasteiger partial charge in [-0.3, -0.25) is 0 Å². The van der Waals surface area contributed by atoms with Gasteiger partial charge in [0.05, 0.1) is 11.6 Å². The van der Waals surface area contributed by atoms with Gasteiger partial charge in [0.1, 0.15) is 11.5 Å². The Morgan fingerprint density at radius 3 is 2.80 bits per heavy atom. The van der Waals surface area contributed by atoms with Crippen LogP contribution in [0.15, 0.2) is 34.9 Å². The summed E-state index contributed by atoms with van der Waals surface area (Å²) in [6, 6.07) is 6.58. The number of nitrogens with zero attached hydrogens (tertiary/aromatic N) is 2. The molecule has 78 valence electrons. The van der Waals surface area contributed by atoms with Crippen LogP contribution < -0.4 is 0 Å². The zero-order valence-corrected chi connectivity index (χ0v) is 9.96. The number of alkyl halides is 1. The van der Waals surface area contributed by atoms with Crippen LogP contribution in [0.4, 0.5) is 4.39 Å². The van der Waals surface area contributed by atoms with E-state index in [1.807, 2.05) is 0 Å². The summed E-state index contributed by atoms with van der Waals surface area (Å²) in [7, 11) is 0. The molecule has 0 bridgehead atoms. The van der Waals surface area contributed by atoms with Crippen molar-refractivity contribution in [2.45, 2.75) is 5.88 Å². The lowest BCUT2D eigenvalue weighted by molar-refractivity contribution is 0.609. The summed E-state index contributed by atoms with van der Waals surface area (Å²) >= 11 is 8.81. The third kappa shape index (κ3) is 2.21. The minimum Gasteiger partial charge on any atom is -0.238 e. The predicted octanol–water partition coefficient (Wildman–Crippen LogP) is 3.51. The molecular formula is C10H7BrClFN2. The molecule has 0 unspecified atom stereocenters. The lowest BCUT2D eigenvalue weighted by atomic mass is 10.3. The van der Waals surface area contributed by atoms with Crippen molar-refractivity contribution in [2.75, 3.05) is 0 Å². The molecule has 2 aromatic rings. The third-order valence-corrected chi connectivity index (χ3v) is 2.70. The van der Waals surface area contributed by atoms with Crippen molar-refractivity contribution >= 4 is 27.5 Å². The van der Waals surface area contributed by atoms with E-state index in [0.29, 0.717) is 16.0 Å². The summed E-state index contributed by atoms with van der Waals surface area (Å²) in [6.07, 6.45) is 1.68. The van der Waals surface area contributed by atoms with Crippen molar-refractivity contribution in [3.8, 4) is 5.69 Å². The molecule has 1 aromatic carbocycles. The van der Waals surface area contributed by atoms with E-state index in [0.717, 1.165) is 5.69 Å². The molecule has 2 rings (SSSR count). The van der Waals surface area contributed by atoms with E-state index < -0.39 is 0 Å². The lowest BCUT2D eigenvalue weighted by Gasteiger charge is -2.02. The second-order valence-corrected chi connectivity index (χ2v) is 4.16. The van der Waals surface area contributed by atoms with Gasteiger partial charge in [-0.1, -0.05) is 15.9 Å². The van der Waals surface area contributed by atoms with Crippen LogP contribution in [0.3, 0.4) is 0 Å². The monoisotopic (exact) mass is 288 g/mol. The molecule has 0 aliphatic heterocycles. The van der Waals surface area contributed by atoms with Crippen molar-refractivity contribution in [3.63, 3.8) is 0 Å². The van der Waals surface area contributed by atoms with Crippen molar-refractivity contribution in [3.05, 3.63) is 46.4 Å². The van der Waals surface area contributed by atoms with Gasteiger partial charge in [0.25, 0.3) is 0 Å². The Kier molecular flexibility index (Phi) is 3.07. The molecule has 0 N–H and O–H groups in total. The number of aromatic nitrogens is 2. The zero-order chi connectivity index (χ0) is 10.8. The molecule has 0 atom stereocenters. The summed E-state index contributed by atoms with van der Waals surface area (Å²) in [6.45, 7) is 0. The van der Waals surface area contributed by atoms with Crippen LogP contribution in [-0.2, 0) is 5.88 Å². The fraction of sp³-hybridized carbons (Fsp3) is 0.100. The van der Waals surface area contributed by atoms with E-state index in [1.54, 1.807) is 24.4 Å². The van der Waals surface area contributed by atoms with Crippen LogP contribution in [0.25, 0.3) is 5.69 Å². The Morgan fingerprint density at radius 2 is 2.20 bits per heavy atom. The molecule has 0 fully saturated rings. The number of hydrogen-bond acceptors (Lipinski definition) is 1. The van der Waals surface area contributed by atoms with Crippen molar-refractivity contribution < 1.29 is 4.39 Å². The predicted molar refractivity (Wildman–Crippen MR) is 60.8 cm³/mol. The minimum absolute atomic E-state index is 0.325. The van der Waals surface area contributed by atoms with Crippen LogP contribution in [-0.4, -0.2) is 9.78 Å². The molecule has 0 aliphatic rings. The van der Waals surface area contributed by atoms with Gasteiger partial charge in [0.15, 0.2) is 0 Å². The van der Waals surface area contributed by atoms with Gasteiger partial charge in [0.2, 0.25) is 0 Å². The van der Waals surface area contributed by atoms with Crippen LogP contribution in [0.1, 0.15) is 5.69 Å². The standard InChI is InChI=1S/C10H7BrClFN2/c11-7-1-2-10(9(13)5-7)15-4-3-8(6-12)14-15/h1-5H,6H2. The second-order valence-electron chi connectivity index (χ2n) is 2.98. The van der Waals surface area contributed by atoms with E-state index in [1.165, 1.54) is 10.7 Å². The van der Waals surface area contributed by atoms with E-state index in [2.05, 4.69) is 21.0 Å². The largest absolute Gasteiger partial charge is 0.238 e. The van der Waals surface area contributed by atoms with E-state index in [9.17, 15) is 4.39 Å². The van der Waals surface area contributed by atoms with Gasteiger partial charge < -0.3 is 0 Å².